The van der Waals surface area contributed by atoms with E-state index < -0.39 is 28.5 Å². The maximum absolute atomic E-state index is 14.4. The molecule has 45 heavy (non-hydrogen) atoms. The smallest absolute Gasteiger partial charge is 0.265 e. The Morgan fingerprint density at radius 2 is 1.51 bits per heavy atom. The van der Waals surface area contributed by atoms with Gasteiger partial charge >= 0.3 is 0 Å². The Kier molecular flexibility index (Phi) is 12.3. The third-order valence-electron chi connectivity index (χ3n) is 6.97. The fourth-order valence-electron chi connectivity index (χ4n) is 4.48. The van der Waals surface area contributed by atoms with Gasteiger partial charge in [0, 0.05) is 30.2 Å². The third-order valence-corrected chi connectivity index (χ3v) is 8.96. The van der Waals surface area contributed by atoms with Crippen LogP contribution in [0.4, 0.5) is 5.69 Å². The molecule has 1 atom stereocenters. The summed E-state index contributed by atoms with van der Waals surface area (Å²) in [5, 5.41) is 3.31. The van der Waals surface area contributed by atoms with Crippen molar-refractivity contribution in [2.45, 2.75) is 38.3 Å². The van der Waals surface area contributed by atoms with Gasteiger partial charge in [-0.3, -0.25) is 13.9 Å². The molecule has 1 unspecified atom stereocenters. The molecule has 0 heterocycles. The molecule has 244 valence electrons. The maximum Gasteiger partial charge on any atom is 0.265 e. The lowest BCUT2D eigenvalue weighted by molar-refractivity contribution is -0.139. The number of carbonyl (C=O) groups is 2. The van der Waals surface area contributed by atoms with E-state index in [1.54, 1.807) is 43.3 Å². The molecule has 1 N–H and O–H groups in total. The van der Waals surface area contributed by atoms with Gasteiger partial charge in [0.2, 0.25) is 11.8 Å². The summed E-state index contributed by atoms with van der Waals surface area (Å²) in [6, 6.07) is 14.7. The first-order chi connectivity index (χ1) is 21.4. The number of nitrogens with zero attached hydrogens (tertiary/aromatic N) is 2. The molecule has 0 saturated heterocycles. The van der Waals surface area contributed by atoms with Crippen LogP contribution in [0, 0.1) is 5.92 Å². The van der Waals surface area contributed by atoms with Crippen molar-refractivity contribution in [2.24, 2.45) is 5.92 Å². The van der Waals surface area contributed by atoms with Gasteiger partial charge in [-0.25, -0.2) is 8.42 Å². The molecule has 0 bridgehead atoms. The van der Waals surface area contributed by atoms with Crippen molar-refractivity contribution in [3.8, 4) is 23.0 Å². The minimum absolute atomic E-state index is 0.00481. The molecule has 3 aromatic rings. The lowest BCUT2D eigenvalue weighted by atomic mass is 10.1. The van der Waals surface area contributed by atoms with Crippen LogP contribution in [0.3, 0.4) is 0 Å². The first kappa shape index (κ1) is 35.3. The van der Waals surface area contributed by atoms with Crippen LogP contribution in [0.15, 0.2) is 65.6 Å². The largest absolute Gasteiger partial charge is 0.497 e. The van der Waals surface area contributed by atoms with E-state index in [2.05, 4.69) is 5.32 Å². The first-order valence-corrected chi connectivity index (χ1v) is 16.0. The molecular formula is C32H40ClN3O8S. The van der Waals surface area contributed by atoms with Crippen molar-refractivity contribution in [2.75, 3.05) is 45.8 Å². The highest BCUT2D eigenvalue weighted by atomic mass is 35.5. The van der Waals surface area contributed by atoms with Gasteiger partial charge in [0.25, 0.3) is 10.0 Å². The number of rotatable bonds is 15. The van der Waals surface area contributed by atoms with Crippen molar-refractivity contribution in [1.82, 2.24) is 10.2 Å². The van der Waals surface area contributed by atoms with Crippen LogP contribution in [0.5, 0.6) is 23.0 Å². The van der Waals surface area contributed by atoms with Crippen LogP contribution in [0.2, 0.25) is 5.02 Å². The number of amides is 2. The second-order valence-corrected chi connectivity index (χ2v) is 12.8. The van der Waals surface area contributed by atoms with Gasteiger partial charge in [0.15, 0.2) is 11.5 Å². The Morgan fingerprint density at radius 1 is 0.844 bits per heavy atom. The Balaban J connectivity index is 2.16. The number of carbonyl (C=O) groups excluding carboxylic acids is 2. The number of nitrogens with one attached hydrogen (secondary N) is 1. The number of hydrogen-bond donors (Lipinski definition) is 1. The molecule has 0 aromatic heterocycles. The summed E-state index contributed by atoms with van der Waals surface area (Å²) in [7, 11) is 1.20. The van der Waals surface area contributed by atoms with E-state index >= 15 is 0 Å². The standard InChI is InChI=1S/C32H40ClN3O8S/c1-21(2)18-34-32(38)22(3)35(19-23-9-8-10-24(33)15-23)31(37)20-36(27-16-25(41-4)11-13-28(27)42-5)45(39,40)26-12-14-29(43-6)30(17-26)44-7/h8-17,21-22H,18-20H2,1-7H3,(H,34,38). The van der Waals surface area contributed by atoms with Crippen molar-refractivity contribution in [3.05, 3.63) is 71.2 Å². The van der Waals surface area contributed by atoms with Gasteiger partial charge < -0.3 is 29.2 Å². The van der Waals surface area contributed by atoms with Crippen LogP contribution < -0.4 is 28.6 Å². The predicted molar refractivity (Wildman–Crippen MR) is 173 cm³/mol. The monoisotopic (exact) mass is 661 g/mol. The Labute approximate surface area is 270 Å². The highest BCUT2D eigenvalue weighted by Crippen LogP contribution is 2.37. The van der Waals surface area contributed by atoms with Gasteiger partial charge in [0.05, 0.1) is 39.0 Å². The predicted octanol–water partition coefficient (Wildman–Crippen LogP) is 4.76. The van der Waals surface area contributed by atoms with Gasteiger partial charge in [0.1, 0.15) is 24.1 Å². The number of halogens is 1. The van der Waals surface area contributed by atoms with Crippen molar-refractivity contribution < 1.29 is 37.0 Å². The summed E-state index contributed by atoms with van der Waals surface area (Å²) in [5.74, 6) is 0.177. The molecule has 0 aliphatic carbocycles. The third kappa shape index (κ3) is 8.73. The maximum atomic E-state index is 14.4. The zero-order valence-electron chi connectivity index (χ0n) is 26.5. The second-order valence-electron chi connectivity index (χ2n) is 10.5. The number of hydrogen-bond acceptors (Lipinski definition) is 8. The van der Waals surface area contributed by atoms with E-state index in [1.165, 1.54) is 57.6 Å². The zero-order chi connectivity index (χ0) is 33.3. The van der Waals surface area contributed by atoms with Crippen LogP contribution >= 0.6 is 11.6 Å². The fraction of sp³-hybridized carbons (Fsp3) is 0.375. The SMILES string of the molecule is COc1ccc(OC)c(N(CC(=O)N(Cc2cccc(Cl)c2)C(C)C(=O)NCC(C)C)S(=O)(=O)c2ccc(OC)c(OC)c2)c1. The molecule has 2 amide bonds. The molecular weight excluding hydrogens is 622 g/mol. The molecule has 0 spiro atoms. The molecule has 3 aromatic carbocycles. The average molecular weight is 662 g/mol. The Morgan fingerprint density at radius 3 is 2.11 bits per heavy atom. The molecule has 11 nitrogen and oxygen atoms in total. The summed E-state index contributed by atoms with van der Waals surface area (Å²) in [4.78, 5) is 28.6. The lowest BCUT2D eigenvalue weighted by Crippen LogP contribution is -2.51. The molecule has 0 aliphatic heterocycles. The van der Waals surface area contributed by atoms with Crippen LogP contribution in [0.25, 0.3) is 0 Å². The van der Waals surface area contributed by atoms with E-state index in [0.29, 0.717) is 28.6 Å². The number of benzene rings is 3. The molecule has 0 saturated carbocycles. The van der Waals surface area contributed by atoms with Gasteiger partial charge in [-0.1, -0.05) is 37.6 Å². The van der Waals surface area contributed by atoms with Gasteiger partial charge in [-0.05, 0) is 54.8 Å². The number of ether oxygens (including phenoxy) is 4. The topological polar surface area (TPSA) is 124 Å². The minimum atomic E-state index is -4.45. The van der Waals surface area contributed by atoms with E-state index in [4.69, 9.17) is 30.5 Å². The van der Waals surface area contributed by atoms with E-state index in [0.717, 1.165) is 4.31 Å². The van der Waals surface area contributed by atoms with Gasteiger partial charge in [-0.15, -0.1) is 0 Å². The van der Waals surface area contributed by atoms with Crippen molar-refractivity contribution in [3.63, 3.8) is 0 Å². The summed E-state index contributed by atoms with van der Waals surface area (Å²) in [6.45, 7) is 5.23. The summed E-state index contributed by atoms with van der Waals surface area (Å²) >= 11 is 6.22. The number of sulfonamides is 1. The summed E-state index contributed by atoms with van der Waals surface area (Å²) in [5.41, 5.74) is 0.715. The molecule has 0 aliphatic rings. The first-order valence-electron chi connectivity index (χ1n) is 14.1. The van der Waals surface area contributed by atoms with Crippen LogP contribution in [0.1, 0.15) is 26.3 Å². The zero-order valence-corrected chi connectivity index (χ0v) is 28.1. The van der Waals surface area contributed by atoms with E-state index in [1.807, 2.05) is 13.8 Å². The second kappa shape index (κ2) is 15.7. The highest BCUT2D eigenvalue weighted by Gasteiger charge is 2.34. The summed E-state index contributed by atoms with van der Waals surface area (Å²) in [6.07, 6.45) is 0. The fourth-order valence-corrected chi connectivity index (χ4v) is 6.12. The quantitative estimate of drug-likeness (QED) is 0.247. The minimum Gasteiger partial charge on any atom is -0.497 e. The molecule has 13 heteroatoms. The van der Waals surface area contributed by atoms with Crippen LogP contribution in [-0.4, -0.2) is 72.7 Å². The van der Waals surface area contributed by atoms with E-state index in [9.17, 15) is 18.0 Å². The summed E-state index contributed by atoms with van der Waals surface area (Å²) < 4.78 is 51.2. The van der Waals surface area contributed by atoms with Crippen molar-refractivity contribution in [1.29, 1.82) is 0 Å². The Bertz CT molecular complexity index is 1600. The average Bonchev–Trinajstić information content (AvgIpc) is 3.03. The molecule has 3 rings (SSSR count). The molecule has 0 radical (unpaired) electrons. The Hall–Kier alpha value is -4.16. The highest BCUT2D eigenvalue weighted by molar-refractivity contribution is 7.92. The number of anilines is 1. The number of methoxy groups -OCH3 is 4. The normalized spacial score (nSPS) is 11.8. The molecule has 0 fully saturated rings. The van der Waals surface area contributed by atoms with Gasteiger partial charge in [-0.2, -0.15) is 0 Å². The van der Waals surface area contributed by atoms with E-state index in [-0.39, 0.29) is 40.5 Å². The van der Waals surface area contributed by atoms with Crippen molar-refractivity contribution >= 4 is 39.1 Å². The van der Waals surface area contributed by atoms with Crippen LogP contribution in [-0.2, 0) is 26.2 Å². The lowest BCUT2D eigenvalue weighted by Gasteiger charge is -2.32.